The number of carbonyl (C=O) groups is 2. The first kappa shape index (κ1) is 22.7. The van der Waals surface area contributed by atoms with Gasteiger partial charge in [-0.2, -0.15) is 0 Å². The summed E-state index contributed by atoms with van der Waals surface area (Å²) in [6, 6.07) is 21.5. The van der Waals surface area contributed by atoms with Gasteiger partial charge in [0.05, 0.1) is 22.2 Å². The molecule has 0 saturated heterocycles. The van der Waals surface area contributed by atoms with Crippen molar-refractivity contribution in [2.24, 2.45) is 0 Å². The molecule has 0 amide bonds. The lowest BCUT2D eigenvalue weighted by atomic mass is 10.1. The summed E-state index contributed by atoms with van der Waals surface area (Å²) in [5.41, 5.74) is 2.89. The average molecular weight is 458 g/mol. The number of rotatable bonds is 8. The molecule has 3 aromatic rings. The number of para-hydroxylation sites is 1. The molecule has 0 aliphatic rings. The van der Waals surface area contributed by atoms with E-state index in [0.717, 1.165) is 16.7 Å². The van der Waals surface area contributed by atoms with Crippen LogP contribution in [0.3, 0.4) is 0 Å². The van der Waals surface area contributed by atoms with E-state index in [0.29, 0.717) is 0 Å². The highest BCUT2D eigenvalue weighted by atomic mass is 35.5. The van der Waals surface area contributed by atoms with E-state index >= 15 is 0 Å². The molecule has 160 valence electrons. The fraction of sp³-hybridized carbons (Fsp3) is 0.167. The van der Waals surface area contributed by atoms with Gasteiger partial charge in [-0.3, -0.25) is 4.79 Å². The maximum atomic E-state index is 12.8. The summed E-state index contributed by atoms with van der Waals surface area (Å²) in [4.78, 5) is 25.2. The smallest absolute Gasteiger partial charge is 0.369 e. The summed E-state index contributed by atoms with van der Waals surface area (Å²) >= 11 is 12.4. The Hall–Kier alpha value is -3.02. The fourth-order valence-corrected chi connectivity index (χ4v) is 3.38. The van der Waals surface area contributed by atoms with Crippen LogP contribution in [0.2, 0.25) is 10.0 Å². The van der Waals surface area contributed by atoms with Gasteiger partial charge in [0, 0.05) is 0 Å². The Morgan fingerprint density at radius 2 is 1.55 bits per heavy atom. The van der Waals surface area contributed by atoms with Crippen molar-refractivity contribution in [3.05, 3.63) is 99.5 Å². The third-order valence-corrected chi connectivity index (χ3v) is 4.99. The Bertz CT molecular complexity index is 1040. The zero-order chi connectivity index (χ0) is 22.2. The van der Waals surface area contributed by atoms with E-state index in [2.05, 4.69) is 5.32 Å². The Balaban J connectivity index is 1.74. The molecule has 5 nitrogen and oxygen atoms in total. The van der Waals surface area contributed by atoms with Crippen molar-refractivity contribution < 1.29 is 19.1 Å². The first-order valence-corrected chi connectivity index (χ1v) is 10.3. The number of nitrogens with one attached hydrogen (secondary N) is 1. The number of benzene rings is 3. The number of carbonyl (C=O) groups excluding carboxylic acids is 2. The lowest BCUT2D eigenvalue weighted by Crippen LogP contribution is -2.36. The molecule has 1 N–H and O–H groups in total. The summed E-state index contributed by atoms with van der Waals surface area (Å²) in [6.07, 6.45) is -1.42. The van der Waals surface area contributed by atoms with Gasteiger partial charge >= 0.3 is 11.9 Å². The van der Waals surface area contributed by atoms with Crippen LogP contribution in [0.1, 0.15) is 16.7 Å². The minimum atomic E-state index is -1.42. The first-order valence-electron chi connectivity index (χ1n) is 9.58. The van der Waals surface area contributed by atoms with E-state index in [1.54, 1.807) is 30.3 Å². The minimum absolute atomic E-state index is 0.000431. The number of halogens is 2. The first-order chi connectivity index (χ1) is 14.9. The van der Waals surface area contributed by atoms with Gasteiger partial charge in [0.15, 0.2) is 0 Å². The summed E-state index contributed by atoms with van der Waals surface area (Å²) in [6.45, 7) is 1.98. The predicted molar refractivity (Wildman–Crippen MR) is 121 cm³/mol. The standard InChI is InChI=1S/C24H21Cl2NO4/c1-16-7-5-10-18(13-16)15-30-24(29)23(27-22-19(25)11-6-12-20(22)26)31-21(28)14-17-8-3-2-4-9-17/h2-13,23,27H,14-15H2,1H3. The molecular weight excluding hydrogens is 437 g/mol. The SMILES string of the molecule is Cc1cccc(COC(=O)C(Nc2c(Cl)cccc2Cl)OC(=O)Cc2ccccc2)c1. The minimum Gasteiger partial charge on any atom is -0.457 e. The normalized spacial score (nSPS) is 11.5. The molecule has 0 spiro atoms. The number of esters is 2. The van der Waals surface area contributed by atoms with Crippen LogP contribution >= 0.6 is 23.2 Å². The maximum Gasteiger partial charge on any atom is 0.369 e. The molecule has 0 bridgehead atoms. The van der Waals surface area contributed by atoms with Crippen molar-refractivity contribution in [1.82, 2.24) is 0 Å². The second kappa shape index (κ2) is 10.8. The lowest BCUT2D eigenvalue weighted by molar-refractivity contribution is -0.166. The van der Waals surface area contributed by atoms with Crippen LogP contribution in [0.15, 0.2) is 72.8 Å². The van der Waals surface area contributed by atoms with Crippen LogP contribution in [-0.4, -0.2) is 18.2 Å². The number of hydrogen-bond acceptors (Lipinski definition) is 5. The van der Waals surface area contributed by atoms with E-state index in [4.69, 9.17) is 32.7 Å². The fourth-order valence-electron chi connectivity index (χ4n) is 2.87. The van der Waals surface area contributed by atoms with Crippen LogP contribution in [0.4, 0.5) is 5.69 Å². The van der Waals surface area contributed by atoms with Crippen LogP contribution in [0.25, 0.3) is 0 Å². The zero-order valence-corrected chi connectivity index (χ0v) is 18.3. The number of aryl methyl sites for hydroxylation is 1. The van der Waals surface area contributed by atoms with Crippen LogP contribution in [0, 0.1) is 6.92 Å². The van der Waals surface area contributed by atoms with Gasteiger partial charge in [-0.25, -0.2) is 4.79 Å². The van der Waals surface area contributed by atoms with E-state index in [-0.39, 0.29) is 28.8 Å². The maximum absolute atomic E-state index is 12.8. The van der Waals surface area contributed by atoms with Gasteiger partial charge in [0.2, 0.25) is 0 Å². The molecule has 3 rings (SSSR count). The van der Waals surface area contributed by atoms with Gasteiger partial charge in [0.25, 0.3) is 6.23 Å². The second-order valence-corrected chi connectivity index (χ2v) is 7.68. The molecule has 1 unspecified atom stereocenters. The third-order valence-electron chi connectivity index (χ3n) is 4.36. The molecule has 0 aromatic heterocycles. The summed E-state index contributed by atoms with van der Waals surface area (Å²) < 4.78 is 10.8. The second-order valence-electron chi connectivity index (χ2n) is 6.87. The third kappa shape index (κ3) is 6.74. The van der Waals surface area contributed by atoms with Crippen molar-refractivity contribution in [3.8, 4) is 0 Å². The Kier molecular flexibility index (Phi) is 7.93. The molecule has 0 aliphatic carbocycles. The van der Waals surface area contributed by atoms with Crippen LogP contribution in [0.5, 0.6) is 0 Å². The number of ether oxygens (including phenoxy) is 2. The van der Waals surface area contributed by atoms with Gasteiger partial charge in [-0.05, 0) is 30.2 Å². The van der Waals surface area contributed by atoms with Gasteiger partial charge in [-0.15, -0.1) is 0 Å². The predicted octanol–water partition coefficient (Wildman–Crippen LogP) is 5.57. The number of hydrogen-bond donors (Lipinski definition) is 1. The zero-order valence-electron chi connectivity index (χ0n) is 16.8. The van der Waals surface area contributed by atoms with E-state index in [9.17, 15) is 9.59 Å². The molecule has 31 heavy (non-hydrogen) atoms. The van der Waals surface area contributed by atoms with Crippen LogP contribution in [-0.2, 0) is 32.1 Å². The summed E-state index contributed by atoms with van der Waals surface area (Å²) in [5, 5.41) is 3.36. The summed E-state index contributed by atoms with van der Waals surface area (Å²) in [5.74, 6) is -1.36. The number of anilines is 1. The molecule has 0 fully saturated rings. The average Bonchev–Trinajstić information content (AvgIpc) is 2.74. The highest BCUT2D eigenvalue weighted by Gasteiger charge is 2.26. The van der Waals surface area contributed by atoms with Gasteiger partial charge in [-0.1, -0.05) is 89.4 Å². The van der Waals surface area contributed by atoms with E-state index in [1.165, 1.54) is 0 Å². The molecular formula is C24H21Cl2NO4. The van der Waals surface area contributed by atoms with Crippen molar-refractivity contribution in [2.75, 3.05) is 5.32 Å². The molecule has 0 heterocycles. The highest BCUT2D eigenvalue weighted by Crippen LogP contribution is 2.30. The molecule has 1 atom stereocenters. The molecule has 0 aliphatic heterocycles. The lowest BCUT2D eigenvalue weighted by Gasteiger charge is -2.20. The molecule has 7 heteroatoms. The van der Waals surface area contributed by atoms with E-state index in [1.807, 2.05) is 49.4 Å². The van der Waals surface area contributed by atoms with Crippen molar-refractivity contribution >= 4 is 40.8 Å². The largest absolute Gasteiger partial charge is 0.457 e. The van der Waals surface area contributed by atoms with Gasteiger partial charge in [0.1, 0.15) is 6.61 Å². The molecule has 0 saturated carbocycles. The van der Waals surface area contributed by atoms with Crippen LogP contribution < -0.4 is 5.32 Å². The quantitative estimate of drug-likeness (QED) is 0.353. The highest BCUT2D eigenvalue weighted by molar-refractivity contribution is 6.39. The molecule has 3 aromatic carbocycles. The Morgan fingerprint density at radius 1 is 0.903 bits per heavy atom. The van der Waals surface area contributed by atoms with Gasteiger partial charge < -0.3 is 14.8 Å². The Morgan fingerprint density at radius 3 is 2.23 bits per heavy atom. The topological polar surface area (TPSA) is 64.6 Å². The Labute approximate surface area is 190 Å². The van der Waals surface area contributed by atoms with Crippen molar-refractivity contribution in [1.29, 1.82) is 0 Å². The van der Waals surface area contributed by atoms with Crippen molar-refractivity contribution in [2.45, 2.75) is 26.2 Å². The molecule has 0 radical (unpaired) electrons. The monoisotopic (exact) mass is 457 g/mol. The van der Waals surface area contributed by atoms with E-state index < -0.39 is 18.2 Å². The summed E-state index contributed by atoms with van der Waals surface area (Å²) in [7, 11) is 0. The van der Waals surface area contributed by atoms with Crippen molar-refractivity contribution in [3.63, 3.8) is 0 Å².